The summed E-state index contributed by atoms with van der Waals surface area (Å²) in [6.07, 6.45) is 1.87. The average molecular weight is 349 g/mol. The summed E-state index contributed by atoms with van der Waals surface area (Å²) in [6.45, 7) is 1.92. The quantitative estimate of drug-likeness (QED) is 0.872. The van der Waals surface area contributed by atoms with E-state index >= 15 is 0 Å². The van der Waals surface area contributed by atoms with Crippen molar-refractivity contribution in [2.75, 3.05) is 13.7 Å². The first-order chi connectivity index (χ1) is 11.4. The van der Waals surface area contributed by atoms with Crippen molar-refractivity contribution in [3.05, 3.63) is 59.4 Å². The monoisotopic (exact) mass is 349 g/mol. The third-order valence-electron chi connectivity index (χ3n) is 4.58. The lowest BCUT2D eigenvalue weighted by atomic mass is 9.96. The van der Waals surface area contributed by atoms with Crippen molar-refractivity contribution >= 4 is 10.0 Å². The van der Waals surface area contributed by atoms with Gasteiger partial charge in [-0.2, -0.15) is 0 Å². The maximum absolute atomic E-state index is 13.2. The van der Waals surface area contributed by atoms with Gasteiger partial charge >= 0.3 is 0 Å². The first-order valence-corrected chi connectivity index (χ1v) is 9.25. The second-order valence-corrected chi connectivity index (χ2v) is 7.98. The van der Waals surface area contributed by atoms with Crippen LogP contribution in [0.3, 0.4) is 0 Å². The molecule has 128 valence electrons. The van der Waals surface area contributed by atoms with Gasteiger partial charge in [-0.3, -0.25) is 0 Å². The van der Waals surface area contributed by atoms with Crippen LogP contribution < -0.4 is 9.46 Å². The molecule has 0 aliphatic heterocycles. The third kappa shape index (κ3) is 3.30. The lowest BCUT2D eigenvalue weighted by molar-refractivity contribution is 0.414. The summed E-state index contributed by atoms with van der Waals surface area (Å²) in [5.41, 5.74) is 1.34. The van der Waals surface area contributed by atoms with Crippen LogP contribution in [0.1, 0.15) is 24.0 Å². The largest absolute Gasteiger partial charge is 0.497 e. The van der Waals surface area contributed by atoms with E-state index in [1.165, 1.54) is 12.1 Å². The molecule has 0 aromatic heterocycles. The third-order valence-corrected chi connectivity index (χ3v) is 6.14. The van der Waals surface area contributed by atoms with Crippen molar-refractivity contribution in [2.45, 2.75) is 30.1 Å². The highest BCUT2D eigenvalue weighted by Crippen LogP contribution is 2.48. The zero-order valence-electron chi connectivity index (χ0n) is 13.7. The van der Waals surface area contributed by atoms with Crippen LogP contribution in [0, 0.1) is 12.7 Å². The van der Waals surface area contributed by atoms with E-state index < -0.39 is 15.8 Å². The molecule has 2 aromatic carbocycles. The van der Waals surface area contributed by atoms with Gasteiger partial charge in [0, 0.05) is 12.0 Å². The highest BCUT2D eigenvalue weighted by Gasteiger charge is 2.44. The minimum absolute atomic E-state index is 0.120. The molecule has 0 bridgehead atoms. The van der Waals surface area contributed by atoms with Crippen molar-refractivity contribution in [1.82, 2.24) is 4.72 Å². The topological polar surface area (TPSA) is 55.4 Å². The van der Waals surface area contributed by atoms with Crippen LogP contribution in [0.25, 0.3) is 0 Å². The van der Waals surface area contributed by atoms with Crippen molar-refractivity contribution in [2.24, 2.45) is 0 Å². The standard InChI is InChI=1S/C18H20FNO3S/c1-13-11-15(19)5-8-17(13)24(21,22)20-12-18(9-10-18)14-3-6-16(23-2)7-4-14/h3-8,11,20H,9-10,12H2,1-2H3. The molecule has 1 N–H and O–H groups in total. The van der Waals surface area contributed by atoms with Crippen molar-refractivity contribution < 1.29 is 17.5 Å². The summed E-state index contributed by atoms with van der Waals surface area (Å²) >= 11 is 0. The molecule has 24 heavy (non-hydrogen) atoms. The van der Waals surface area contributed by atoms with Crippen LogP contribution in [0.15, 0.2) is 47.4 Å². The summed E-state index contributed by atoms with van der Waals surface area (Å²) in [4.78, 5) is 0.120. The van der Waals surface area contributed by atoms with Gasteiger partial charge in [0.1, 0.15) is 11.6 Å². The van der Waals surface area contributed by atoms with E-state index in [0.29, 0.717) is 12.1 Å². The van der Waals surface area contributed by atoms with Gasteiger partial charge in [0.15, 0.2) is 0 Å². The van der Waals surface area contributed by atoms with E-state index in [4.69, 9.17) is 4.74 Å². The van der Waals surface area contributed by atoms with E-state index in [9.17, 15) is 12.8 Å². The van der Waals surface area contributed by atoms with Crippen molar-refractivity contribution in [3.8, 4) is 5.75 Å². The molecule has 1 saturated carbocycles. The molecule has 6 heteroatoms. The zero-order valence-corrected chi connectivity index (χ0v) is 14.5. The second kappa shape index (κ2) is 6.18. The molecule has 0 unspecified atom stereocenters. The van der Waals surface area contributed by atoms with Crippen LogP contribution in [0.4, 0.5) is 4.39 Å². The Morgan fingerprint density at radius 2 is 1.83 bits per heavy atom. The molecule has 0 amide bonds. The fraction of sp³-hybridized carbons (Fsp3) is 0.333. The van der Waals surface area contributed by atoms with Gasteiger partial charge in [-0.05, 0) is 61.2 Å². The number of ether oxygens (including phenoxy) is 1. The van der Waals surface area contributed by atoms with Crippen LogP contribution in [0.2, 0.25) is 0 Å². The Balaban J connectivity index is 1.76. The number of rotatable bonds is 6. The van der Waals surface area contributed by atoms with Crippen LogP contribution in [-0.2, 0) is 15.4 Å². The fourth-order valence-electron chi connectivity index (χ4n) is 2.89. The molecule has 0 heterocycles. The number of aryl methyl sites for hydroxylation is 1. The number of hydrogen-bond acceptors (Lipinski definition) is 3. The Morgan fingerprint density at radius 3 is 2.38 bits per heavy atom. The number of methoxy groups -OCH3 is 1. The Hall–Kier alpha value is -1.92. The maximum atomic E-state index is 13.2. The van der Waals surface area contributed by atoms with Crippen molar-refractivity contribution in [1.29, 1.82) is 0 Å². The molecule has 4 nitrogen and oxygen atoms in total. The lowest BCUT2D eigenvalue weighted by Gasteiger charge is -2.18. The normalized spacial score (nSPS) is 16.0. The van der Waals surface area contributed by atoms with Crippen LogP contribution >= 0.6 is 0 Å². The SMILES string of the molecule is COc1ccc(C2(CNS(=O)(=O)c3ccc(F)cc3C)CC2)cc1. The molecule has 1 aliphatic rings. The molecule has 0 spiro atoms. The smallest absolute Gasteiger partial charge is 0.240 e. The number of sulfonamides is 1. The highest BCUT2D eigenvalue weighted by atomic mass is 32.2. The molecular weight excluding hydrogens is 329 g/mol. The van der Waals surface area contributed by atoms with Crippen molar-refractivity contribution in [3.63, 3.8) is 0 Å². The summed E-state index contributed by atoms with van der Waals surface area (Å²) in [6, 6.07) is 11.4. The Labute approximate surface area is 141 Å². The number of nitrogens with one attached hydrogen (secondary N) is 1. The van der Waals surface area contributed by atoms with E-state index in [0.717, 1.165) is 30.2 Å². The van der Waals surface area contributed by atoms with Crippen LogP contribution in [0.5, 0.6) is 5.75 Å². The molecule has 0 radical (unpaired) electrons. The molecule has 1 aliphatic carbocycles. The first kappa shape index (κ1) is 16.9. The van der Waals surface area contributed by atoms with E-state index in [1.807, 2.05) is 24.3 Å². The van der Waals surface area contributed by atoms with Gasteiger partial charge in [-0.25, -0.2) is 17.5 Å². The second-order valence-electron chi connectivity index (χ2n) is 6.24. The first-order valence-electron chi connectivity index (χ1n) is 7.77. The minimum Gasteiger partial charge on any atom is -0.497 e. The van der Waals surface area contributed by atoms with Gasteiger partial charge < -0.3 is 4.74 Å². The summed E-state index contributed by atoms with van der Waals surface area (Å²) in [7, 11) is -2.05. The fourth-order valence-corrected chi connectivity index (χ4v) is 4.24. The Kier molecular flexibility index (Phi) is 4.36. The number of halogens is 1. The molecule has 1 fully saturated rings. The predicted octanol–water partition coefficient (Wildman–Crippen LogP) is 3.15. The van der Waals surface area contributed by atoms with Gasteiger partial charge in [0.2, 0.25) is 10.0 Å². The average Bonchev–Trinajstić information content (AvgIpc) is 3.34. The van der Waals surface area contributed by atoms with Gasteiger partial charge in [-0.15, -0.1) is 0 Å². The summed E-state index contributed by atoms with van der Waals surface area (Å²) < 4.78 is 46.1. The van der Waals surface area contributed by atoms with E-state index in [2.05, 4.69) is 4.72 Å². The Bertz CT molecular complexity index is 843. The summed E-state index contributed by atoms with van der Waals surface area (Å²) in [5, 5.41) is 0. The molecule has 0 saturated heterocycles. The van der Waals surface area contributed by atoms with Crippen LogP contribution in [-0.4, -0.2) is 22.1 Å². The Morgan fingerprint density at radius 1 is 1.17 bits per heavy atom. The molecular formula is C18H20FNO3S. The molecule has 0 atom stereocenters. The van der Waals surface area contributed by atoms with Gasteiger partial charge in [-0.1, -0.05) is 12.1 Å². The van der Waals surface area contributed by atoms with E-state index in [1.54, 1.807) is 14.0 Å². The predicted molar refractivity (Wildman–Crippen MR) is 90.2 cm³/mol. The highest BCUT2D eigenvalue weighted by molar-refractivity contribution is 7.89. The van der Waals surface area contributed by atoms with E-state index in [-0.39, 0.29) is 10.3 Å². The van der Waals surface area contributed by atoms with Gasteiger partial charge in [0.05, 0.1) is 12.0 Å². The number of benzene rings is 2. The van der Waals surface area contributed by atoms with Gasteiger partial charge in [0.25, 0.3) is 0 Å². The summed E-state index contributed by atoms with van der Waals surface area (Å²) in [5.74, 6) is 0.334. The molecule has 3 rings (SSSR count). The minimum atomic E-state index is -3.66. The zero-order chi connectivity index (χ0) is 17.4. The molecule has 2 aromatic rings. The lowest BCUT2D eigenvalue weighted by Crippen LogP contribution is -2.32. The maximum Gasteiger partial charge on any atom is 0.240 e. The number of hydrogen-bond donors (Lipinski definition) is 1.